The van der Waals surface area contributed by atoms with Gasteiger partial charge >= 0.3 is 0 Å². The Kier molecular flexibility index (Phi) is 4.87. The summed E-state index contributed by atoms with van der Waals surface area (Å²) in [6, 6.07) is 12.3. The smallest absolute Gasteiger partial charge is 0.0598 e. The summed E-state index contributed by atoms with van der Waals surface area (Å²) < 4.78 is 0. The lowest BCUT2D eigenvalue weighted by atomic mass is 9.97. The van der Waals surface area contributed by atoms with Gasteiger partial charge in [0.15, 0.2) is 0 Å². The third-order valence-electron chi connectivity index (χ3n) is 3.06. The second-order valence-electron chi connectivity index (χ2n) is 4.57. The van der Waals surface area contributed by atoms with Crippen molar-refractivity contribution >= 4 is 23.2 Å². The van der Waals surface area contributed by atoms with E-state index in [1.807, 2.05) is 18.2 Å². The second-order valence-corrected chi connectivity index (χ2v) is 5.38. The molecule has 1 nitrogen and oxygen atoms in total. The van der Waals surface area contributed by atoms with Crippen molar-refractivity contribution in [1.29, 1.82) is 0 Å². The van der Waals surface area contributed by atoms with E-state index in [4.69, 9.17) is 23.2 Å². The van der Waals surface area contributed by atoms with Crippen LogP contribution in [0.25, 0.3) is 11.1 Å². The van der Waals surface area contributed by atoms with Gasteiger partial charge in [-0.25, -0.2) is 0 Å². The summed E-state index contributed by atoms with van der Waals surface area (Å²) in [5, 5.41) is 4.54. The third-order valence-corrected chi connectivity index (χ3v) is 3.80. The largest absolute Gasteiger partial charge is 0.313 e. The summed E-state index contributed by atoms with van der Waals surface area (Å²) in [4.78, 5) is 0. The van der Waals surface area contributed by atoms with Gasteiger partial charge in [0.1, 0.15) is 0 Å². The molecule has 2 aromatic rings. The number of benzene rings is 2. The molecule has 0 aliphatic rings. The first-order valence-corrected chi connectivity index (χ1v) is 7.13. The van der Waals surface area contributed by atoms with Gasteiger partial charge in [0.05, 0.1) is 10.0 Å². The predicted molar refractivity (Wildman–Crippen MR) is 84.0 cm³/mol. The van der Waals surface area contributed by atoms with Crippen molar-refractivity contribution in [2.45, 2.75) is 20.4 Å². The monoisotopic (exact) mass is 293 g/mol. The average Bonchev–Trinajstić information content (AvgIpc) is 2.40. The SMILES string of the molecule is CCNCc1ccc(C)cc1-c1ccc(Cl)c(Cl)c1. The molecular formula is C16H17Cl2N. The Labute approximate surface area is 124 Å². The van der Waals surface area contributed by atoms with E-state index in [9.17, 15) is 0 Å². The van der Waals surface area contributed by atoms with Crippen molar-refractivity contribution in [3.05, 3.63) is 57.6 Å². The van der Waals surface area contributed by atoms with Gasteiger partial charge in [0.2, 0.25) is 0 Å². The van der Waals surface area contributed by atoms with Crippen LogP contribution in [-0.4, -0.2) is 6.54 Å². The van der Waals surface area contributed by atoms with E-state index in [0.717, 1.165) is 18.7 Å². The molecule has 0 spiro atoms. The van der Waals surface area contributed by atoms with Gasteiger partial charge in [-0.3, -0.25) is 0 Å². The van der Waals surface area contributed by atoms with Crippen LogP contribution in [0.1, 0.15) is 18.1 Å². The molecule has 0 saturated carbocycles. The number of rotatable bonds is 4. The normalized spacial score (nSPS) is 10.7. The predicted octanol–water partition coefficient (Wildman–Crippen LogP) is 5.08. The maximum atomic E-state index is 6.11. The minimum atomic E-state index is 0.589. The molecule has 0 bridgehead atoms. The molecule has 2 rings (SSSR count). The standard InChI is InChI=1S/C16H17Cl2N/c1-3-19-10-13-5-4-11(2)8-14(13)12-6-7-15(17)16(18)9-12/h4-9,19H,3,10H2,1-2H3. The van der Waals surface area contributed by atoms with E-state index in [1.54, 1.807) is 0 Å². The maximum absolute atomic E-state index is 6.11. The molecular weight excluding hydrogens is 277 g/mol. The molecule has 0 unspecified atom stereocenters. The highest BCUT2D eigenvalue weighted by Crippen LogP contribution is 2.31. The molecule has 3 heteroatoms. The zero-order chi connectivity index (χ0) is 13.8. The number of aryl methyl sites for hydroxylation is 1. The number of halogens is 2. The molecule has 100 valence electrons. The van der Waals surface area contributed by atoms with Crippen LogP contribution in [0.5, 0.6) is 0 Å². The fourth-order valence-electron chi connectivity index (χ4n) is 2.04. The molecule has 0 amide bonds. The summed E-state index contributed by atoms with van der Waals surface area (Å²) in [6.45, 7) is 6.01. The van der Waals surface area contributed by atoms with E-state index in [-0.39, 0.29) is 0 Å². The lowest BCUT2D eigenvalue weighted by molar-refractivity contribution is 0.728. The second kappa shape index (κ2) is 6.42. The molecule has 0 radical (unpaired) electrons. The van der Waals surface area contributed by atoms with Crippen LogP contribution in [0.15, 0.2) is 36.4 Å². The van der Waals surface area contributed by atoms with Gasteiger partial charge < -0.3 is 5.32 Å². The Balaban J connectivity index is 2.46. The quantitative estimate of drug-likeness (QED) is 0.829. The highest BCUT2D eigenvalue weighted by atomic mass is 35.5. The van der Waals surface area contributed by atoms with Crippen molar-refractivity contribution in [3.63, 3.8) is 0 Å². The maximum Gasteiger partial charge on any atom is 0.0598 e. The molecule has 2 aromatic carbocycles. The van der Waals surface area contributed by atoms with Gasteiger partial charge in [-0.1, -0.05) is 60.0 Å². The third kappa shape index (κ3) is 3.50. The molecule has 0 atom stereocenters. The van der Waals surface area contributed by atoms with E-state index in [2.05, 4.69) is 37.4 Å². The van der Waals surface area contributed by atoms with Gasteiger partial charge in [0, 0.05) is 6.54 Å². The van der Waals surface area contributed by atoms with Gasteiger partial charge in [0.25, 0.3) is 0 Å². The lowest BCUT2D eigenvalue weighted by Crippen LogP contribution is -2.12. The van der Waals surface area contributed by atoms with Crippen LogP contribution >= 0.6 is 23.2 Å². The summed E-state index contributed by atoms with van der Waals surface area (Å²) >= 11 is 12.1. The minimum Gasteiger partial charge on any atom is -0.313 e. The molecule has 0 fully saturated rings. The Morgan fingerprint density at radius 3 is 2.47 bits per heavy atom. The Hall–Kier alpha value is -1.02. The summed E-state index contributed by atoms with van der Waals surface area (Å²) in [5.74, 6) is 0. The van der Waals surface area contributed by atoms with E-state index in [1.165, 1.54) is 16.7 Å². The number of hydrogen-bond acceptors (Lipinski definition) is 1. The summed E-state index contributed by atoms with van der Waals surface area (Å²) in [5.41, 5.74) is 4.82. The Bertz CT molecular complexity index is 579. The first-order valence-electron chi connectivity index (χ1n) is 6.37. The van der Waals surface area contributed by atoms with Crippen molar-refractivity contribution < 1.29 is 0 Å². The first kappa shape index (κ1) is 14.4. The molecule has 0 saturated heterocycles. The molecule has 0 aliphatic carbocycles. The lowest BCUT2D eigenvalue weighted by Gasteiger charge is -2.12. The van der Waals surface area contributed by atoms with E-state index < -0.39 is 0 Å². The average molecular weight is 294 g/mol. The highest BCUT2D eigenvalue weighted by molar-refractivity contribution is 6.42. The van der Waals surface area contributed by atoms with Gasteiger partial charge in [-0.2, -0.15) is 0 Å². The van der Waals surface area contributed by atoms with E-state index >= 15 is 0 Å². The van der Waals surface area contributed by atoms with Crippen molar-refractivity contribution in [3.8, 4) is 11.1 Å². The van der Waals surface area contributed by atoms with Crippen molar-refractivity contribution in [2.75, 3.05) is 6.54 Å². The zero-order valence-electron chi connectivity index (χ0n) is 11.1. The Morgan fingerprint density at radius 2 is 1.79 bits per heavy atom. The van der Waals surface area contributed by atoms with Crippen LogP contribution in [0.3, 0.4) is 0 Å². The van der Waals surface area contributed by atoms with Gasteiger partial charge in [-0.15, -0.1) is 0 Å². The Morgan fingerprint density at radius 1 is 1.00 bits per heavy atom. The molecule has 0 aromatic heterocycles. The first-order chi connectivity index (χ1) is 9.11. The fraction of sp³-hybridized carbons (Fsp3) is 0.250. The highest BCUT2D eigenvalue weighted by Gasteiger charge is 2.07. The number of hydrogen-bond donors (Lipinski definition) is 1. The summed E-state index contributed by atoms with van der Waals surface area (Å²) in [7, 11) is 0. The van der Waals surface area contributed by atoms with Crippen LogP contribution < -0.4 is 5.32 Å². The van der Waals surface area contributed by atoms with Crippen LogP contribution in [-0.2, 0) is 6.54 Å². The van der Waals surface area contributed by atoms with Crippen molar-refractivity contribution in [2.24, 2.45) is 0 Å². The van der Waals surface area contributed by atoms with Gasteiger partial charge in [-0.05, 0) is 42.3 Å². The zero-order valence-corrected chi connectivity index (χ0v) is 12.6. The molecule has 0 aliphatic heterocycles. The molecule has 0 heterocycles. The van der Waals surface area contributed by atoms with Crippen LogP contribution in [0, 0.1) is 6.92 Å². The molecule has 1 N–H and O–H groups in total. The number of nitrogens with one attached hydrogen (secondary N) is 1. The molecule has 19 heavy (non-hydrogen) atoms. The summed E-state index contributed by atoms with van der Waals surface area (Å²) in [6.07, 6.45) is 0. The fourth-order valence-corrected chi connectivity index (χ4v) is 2.33. The minimum absolute atomic E-state index is 0.589. The van der Waals surface area contributed by atoms with Crippen molar-refractivity contribution in [1.82, 2.24) is 5.32 Å². The van der Waals surface area contributed by atoms with Crippen LogP contribution in [0.2, 0.25) is 10.0 Å². The van der Waals surface area contributed by atoms with E-state index in [0.29, 0.717) is 10.0 Å². The topological polar surface area (TPSA) is 12.0 Å². The van der Waals surface area contributed by atoms with Crippen LogP contribution in [0.4, 0.5) is 0 Å².